The Hall–Kier alpha value is -2.62. The van der Waals surface area contributed by atoms with Crippen molar-refractivity contribution in [3.05, 3.63) is 35.0 Å². The average Bonchev–Trinajstić information content (AvgIpc) is 2.83. The zero-order valence-corrected chi connectivity index (χ0v) is 14.9. The zero-order chi connectivity index (χ0) is 20.3. The minimum Gasteiger partial charge on any atom is -0.762 e. The van der Waals surface area contributed by atoms with Gasteiger partial charge in [0.2, 0.25) is 5.78 Å². The van der Waals surface area contributed by atoms with E-state index in [0.29, 0.717) is 5.69 Å². The average molecular weight is 377 g/mol. The molecule has 1 saturated carbocycles. The Labute approximate surface area is 155 Å². The van der Waals surface area contributed by atoms with Crippen molar-refractivity contribution in [2.45, 2.75) is 32.7 Å². The lowest BCUT2D eigenvalue weighted by Gasteiger charge is -2.37. The molecule has 1 amide bonds. The molecular weight excluding hydrogens is 356 g/mol. The van der Waals surface area contributed by atoms with E-state index in [-0.39, 0.29) is 6.42 Å². The number of hydrogen-bond donors (Lipinski definition) is 3. The molecule has 0 bridgehead atoms. The number of anilines is 1. The van der Waals surface area contributed by atoms with Crippen LogP contribution in [0.3, 0.4) is 0 Å². The number of hydroxylamine groups is 2. The summed E-state index contributed by atoms with van der Waals surface area (Å²) >= 11 is 0. The molecule has 146 valence electrons. The van der Waals surface area contributed by atoms with Crippen molar-refractivity contribution >= 4 is 29.1 Å². The van der Waals surface area contributed by atoms with Crippen LogP contribution in [-0.4, -0.2) is 45.0 Å². The zero-order valence-electron chi connectivity index (χ0n) is 14.9. The fraction of sp³-hybridized carbons (Fsp3) is 0.444. The third-order valence-corrected chi connectivity index (χ3v) is 4.86. The second-order valence-electron chi connectivity index (χ2n) is 6.86. The van der Waals surface area contributed by atoms with E-state index in [1.807, 2.05) is 6.92 Å². The van der Waals surface area contributed by atoms with Crippen LogP contribution in [0, 0.1) is 29.9 Å². The van der Waals surface area contributed by atoms with Gasteiger partial charge in [0.25, 0.3) is 5.91 Å². The van der Waals surface area contributed by atoms with Crippen LogP contribution >= 0.6 is 0 Å². The summed E-state index contributed by atoms with van der Waals surface area (Å²) < 4.78 is 0. The number of nitrogens with zero attached hydrogens (tertiary/aromatic N) is 1. The lowest BCUT2D eigenvalue weighted by molar-refractivity contribution is -0.156. The maximum atomic E-state index is 12.6. The van der Waals surface area contributed by atoms with E-state index >= 15 is 0 Å². The van der Waals surface area contributed by atoms with E-state index < -0.39 is 58.9 Å². The highest BCUT2D eigenvalue weighted by atomic mass is 16.8. The molecule has 0 spiro atoms. The normalized spacial score (nSPS) is 23.3. The molecule has 9 heteroatoms. The minimum atomic E-state index is -1.86. The van der Waals surface area contributed by atoms with Gasteiger partial charge in [0.05, 0.1) is 12.5 Å². The molecule has 1 fully saturated rings. The summed E-state index contributed by atoms with van der Waals surface area (Å²) in [6.07, 6.45) is -0.606. The minimum absolute atomic E-state index is 0.0280. The number of aryl methyl sites for hydroxylation is 1. The third-order valence-electron chi connectivity index (χ3n) is 4.86. The van der Waals surface area contributed by atoms with Gasteiger partial charge in [0, 0.05) is 18.0 Å². The monoisotopic (exact) mass is 377 g/mol. The summed E-state index contributed by atoms with van der Waals surface area (Å²) in [5.41, 5.74) is 1.26. The standard InChI is InChI=1S/C18H21N2O7/c1-9-3-5-11(6-4-9)19-18(25)17(24)16(20(26)27)15-10(2)7-13(21)12(15)8-14(22)23/h3-6,10,12,15-16,26H,7-8H2,1-2H3,(H,19,25)(H,22,23)/q-1. The Morgan fingerprint density at radius 2 is 1.89 bits per heavy atom. The number of benzene rings is 1. The molecular formula is C18H21N2O7-. The summed E-state index contributed by atoms with van der Waals surface area (Å²) in [6.45, 7) is 3.42. The van der Waals surface area contributed by atoms with Crippen LogP contribution in [0.25, 0.3) is 0 Å². The highest BCUT2D eigenvalue weighted by Gasteiger charge is 2.49. The van der Waals surface area contributed by atoms with Crippen LogP contribution in [0.2, 0.25) is 0 Å². The maximum absolute atomic E-state index is 12.6. The summed E-state index contributed by atoms with van der Waals surface area (Å²) in [7, 11) is 0. The highest BCUT2D eigenvalue weighted by Crippen LogP contribution is 2.40. The van der Waals surface area contributed by atoms with Gasteiger partial charge in [-0.2, -0.15) is 0 Å². The molecule has 0 heterocycles. The smallest absolute Gasteiger partial charge is 0.304 e. The van der Waals surface area contributed by atoms with Crippen LogP contribution in [0.1, 0.15) is 25.3 Å². The van der Waals surface area contributed by atoms with Gasteiger partial charge in [-0.25, -0.2) is 0 Å². The molecule has 1 aromatic rings. The molecule has 0 aromatic heterocycles. The van der Waals surface area contributed by atoms with E-state index in [1.54, 1.807) is 31.2 Å². The number of carbonyl (C=O) groups excluding carboxylic acids is 3. The number of nitrogens with one attached hydrogen (secondary N) is 1. The maximum Gasteiger partial charge on any atom is 0.304 e. The molecule has 0 aliphatic heterocycles. The Bertz CT molecular complexity index is 745. The Kier molecular flexibility index (Phi) is 6.42. The molecule has 4 atom stereocenters. The molecule has 1 aliphatic carbocycles. The van der Waals surface area contributed by atoms with Crippen molar-refractivity contribution in [2.75, 3.05) is 5.32 Å². The summed E-state index contributed by atoms with van der Waals surface area (Å²) in [5.74, 6) is -6.76. The lowest BCUT2D eigenvalue weighted by atomic mass is 9.80. The van der Waals surface area contributed by atoms with Crippen molar-refractivity contribution in [3.63, 3.8) is 0 Å². The second kappa shape index (κ2) is 8.38. The van der Waals surface area contributed by atoms with Crippen LogP contribution < -0.4 is 5.32 Å². The largest absolute Gasteiger partial charge is 0.762 e. The first-order valence-corrected chi connectivity index (χ1v) is 8.43. The lowest BCUT2D eigenvalue weighted by Crippen LogP contribution is -2.49. The number of hydrogen-bond acceptors (Lipinski definition) is 7. The summed E-state index contributed by atoms with van der Waals surface area (Å²) in [6, 6.07) is 4.70. The van der Waals surface area contributed by atoms with Gasteiger partial charge in [-0.15, -0.1) is 0 Å². The predicted octanol–water partition coefficient (Wildman–Crippen LogP) is 1.38. The van der Waals surface area contributed by atoms with E-state index in [2.05, 4.69) is 5.32 Å². The summed E-state index contributed by atoms with van der Waals surface area (Å²) in [5, 5.41) is 31.8. The quantitative estimate of drug-likeness (QED) is 0.477. The Morgan fingerprint density at radius 1 is 1.30 bits per heavy atom. The number of carbonyl (C=O) groups is 4. The third kappa shape index (κ3) is 4.76. The number of carboxylic acid groups (broad SMARTS) is 1. The number of amides is 1. The number of ketones is 2. The number of carboxylic acids is 1. The SMILES string of the molecule is Cc1ccc(NC(=O)C(=O)C(C2C(C)CC(=O)C2CC(=O)O)N([O-])O)cc1. The predicted molar refractivity (Wildman–Crippen MR) is 93.6 cm³/mol. The van der Waals surface area contributed by atoms with E-state index in [9.17, 15) is 29.6 Å². The Morgan fingerprint density at radius 3 is 2.41 bits per heavy atom. The van der Waals surface area contributed by atoms with Crippen molar-refractivity contribution in [1.82, 2.24) is 5.23 Å². The van der Waals surface area contributed by atoms with E-state index in [0.717, 1.165) is 5.56 Å². The fourth-order valence-electron chi connectivity index (χ4n) is 3.57. The van der Waals surface area contributed by atoms with Crippen molar-refractivity contribution < 1.29 is 29.5 Å². The number of Topliss-reactive ketones (excluding diaryl/α,β-unsaturated/α-hetero) is 2. The van der Waals surface area contributed by atoms with Crippen molar-refractivity contribution in [3.8, 4) is 0 Å². The van der Waals surface area contributed by atoms with E-state index in [1.165, 1.54) is 0 Å². The van der Waals surface area contributed by atoms with Crippen LogP contribution in [0.15, 0.2) is 24.3 Å². The molecule has 9 nitrogen and oxygen atoms in total. The van der Waals surface area contributed by atoms with Crippen molar-refractivity contribution in [1.29, 1.82) is 0 Å². The molecule has 2 rings (SSSR count). The van der Waals surface area contributed by atoms with Crippen LogP contribution in [0.5, 0.6) is 0 Å². The molecule has 4 unspecified atom stereocenters. The van der Waals surface area contributed by atoms with Gasteiger partial charge in [0.1, 0.15) is 5.78 Å². The molecule has 1 aromatic carbocycles. The number of rotatable bonds is 7. The molecule has 0 radical (unpaired) electrons. The molecule has 3 N–H and O–H groups in total. The van der Waals surface area contributed by atoms with Crippen molar-refractivity contribution in [2.24, 2.45) is 17.8 Å². The van der Waals surface area contributed by atoms with Gasteiger partial charge < -0.3 is 20.8 Å². The van der Waals surface area contributed by atoms with Gasteiger partial charge in [-0.1, -0.05) is 24.6 Å². The highest BCUT2D eigenvalue weighted by molar-refractivity contribution is 6.42. The summed E-state index contributed by atoms with van der Waals surface area (Å²) in [4.78, 5) is 48.0. The fourth-order valence-corrected chi connectivity index (χ4v) is 3.57. The number of aliphatic carboxylic acids is 1. The Balaban J connectivity index is 2.25. The van der Waals surface area contributed by atoms with Crippen LogP contribution in [-0.2, 0) is 19.2 Å². The van der Waals surface area contributed by atoms with Gasteiger partial charge >= 0.3 is 5.97 Å². The van der Waals surface area contributed by atoms with Gasteiger partial charge in [-0.3, -0.25) is 24.4 Å². The topological polar surface area (TPSA) is 147 Å². The molecule has 0 saturated heterocycles. The first-order valence-electron chi connectivity index (χ1n) is 8.43. The van der Waals surface area contributed by atoms with Gasteiger partial charge in [0.15, 0.2) is 0 Å². The molecule has 1 aliphatic rings. The van der Waals surface area contributed by atoms with Crippen LogP contribution in [0.4, 0.5) is 5.69 Å². The first kappa shape index (κ1) is 20.7. The van der Waals surface area contributed by atoms with E-state index in [4.69, 9.17) is 5.11 Å². The molecule has 27 heavy (non-hydrogen) atoms. The first-order chi connectivity index (χ1) is 12.6. The van der Waals surface area contributed by atoms with Gasteiger partial charge in [-0.05, 0) is 30.9 Å². The second-order valence-corrected chi connectivity index (χ2v) is 6.86.